The van der Waals surface area contributed by atoms with Gasteiger partial charge < -0.3 is 0 Å². The van der Waals surface area contributed by atoms with Gasteiger partial charge in [-0.05, 0) is 24.6 Å². The lowest BCUT2D eigenvalue weighted by Gasteiger charge is -2.01. The minimum atomic E-state index is 0.459. The molecule has 0 atom stereocenters. The number of thiophene rings is 1. The number of nitriles is 1. The summed E-state index contributed by atoms with van der Waals surface area (Å²) in [5, 5.41) is 10.2. The van der Waals surface area contributed by atoms with Crippen LogP contribution in [0.3, 0.4) is 0 Å². The molecule has 82 valence electrons. The third-order valence-electron chi connectivity index (χ3n) is 2.94. The normalized spacial score (nSPS) is 13.3. The van der Waals surface area contributed by atoms with E-state index in [0.717, 1.165) is 16.2 Å². The molecule has 1 aromatic carbocycles. The molecule has 0 radical (unpaired) electrons. The molecule has 1 aromatic heterocycles. The van der Waals surface area contributed by atoms with Gasteiger partial charge in [0.05, 0.1) is 12.5 Å². The molecule has 0 amide bonds. The molecule has 0 unspecified atom stereocenters. The van der Waals surface area contributed by atoms with Crippen molar-refractivity contribution in [1.82, 2.24) is 0 Å². The van der Waals surface area contributed by atoms with Crippen molar-refractivity contribution < 1.29 is 0 Å². The Balaban J connectivity index is 2.45. The lowest BCUT2D eigenvalue weighted by Crippen LogP contribution is -1.96. The van der Waals surface area contributed by atoms with E-state index in [1.807, 2.05) is 19.2 Å². The summed E-state index contributed by atoms with van der Waals surface area (Å²) in [6.45, 7) is 2.01. The summed E-state index contributed by atoms with van der Waals surface area (Å²) in [5.41, 5.74) is 3.35. The number of hydrogen-bond donors (Lipinski definition) is 0. The van der Waals surface area contributed by atoms with Crippen LogP contribution >= 0.6 is 11.3 Å². The van der Waals surface area contributed by atoms with Crippen molar-refractivity contribution in [3.63, 3.8) is 0 Å². The van der Waals surface area contributed by atoms with Crippen LogP contribution in [0.5, 0.6) is 0 Å². The van der Waals surface area contributed by atoms with E-state index < -0.39 is 0 Å². The van der Waals surface area contributed by atoms with Crippen LogP contribution < -0.4 is 0 Å². The molecule has 0 fully saturated rings. The van der Waals surface area contributed by atoms with Crippen molar-refractivity contribution in [3.05, 3.63) is 40.4 Å². The number of nitrogens with zero attached hydrogens (tertiary/aromatic N) is 2. The molecule has 0 N–H and O–H groups in total. The predicted octanol–water partition coefficient (Wildman–Crippen LogP) is 3.76. The Bertz CT molecular complexity index is 699. The number of rotatable bonds is 1. The lowest BCUT2D eigenvalue weighted by atomic mass is 10.0. The average molecular weight is 238 g/mol. The summed E-state index contributed by atoms with van der Waals surface area (Å²) >= 11 is 1.70. The third kappa shape index (κ3) is 1.49. The van der Waals surface area contributed by atoms with Gasteiger partial charge in [-0.15, -0.1) is 11.3 Å². The molecule has 2 heterocycles. The molecular formula is C14H10N2S. The second-order valence-electron chi connectivity index (χ2n) is 3.99. The SMILES string of the molecule is CC1=NC=Cc2cccc3sc(CC#N)c1c23. The minimum absolute atomic E-state index is 0.459. The average Bonchev–Trinajstić information content (AvgIpc) is 2.58. The molecule has 1 aliphatic rings. The smallest absolute Gasteiger partial charge is 0.0702 e. The highest BCUT2D eigenvalue weighted by Crippen LogP contribution is 2.36. The first-order chi connectivity index (χ1) is 8.31. The Kier molecular flexibility index (Phi) is 2.31. The predicted molar refractivity (Wildman–Crippen MR) is 72.4 cm³/mol. The summed E-state index contributed by atoms with van der Waals surface area (Å²) in [4.78, 5) is 5.54. The second kappa shape index (κ2) is 3.83. The van der Waals surface area contributed by atoms with E-state index in [1.54, 1.807) is 11.3 Å². The molecule has 0 aliphatic carbocycles. The van der Waals surface area contributed by atoms with Gasteiger partial charge in [-0.1, -0.05) is 12.1 Å². The standard InChI is InChI=1S/C14H10N2S/c1-9-13-12(5-7-15)17-11-4-2-3-10(14(11)13)6-8-16-9/h2-4,6,8H,5H2,1H3. The maximum absolute atomic E-state index is 8.91. The monoisotopic (exact) mass is 238 g/mol. The van der Waals surface area contributed by atoms with Gasteiger partial charge in [0.15, 0.2) is 0 Å². The molecule has 0 bridgehead atoms. The number of aliphatic imine (C=N–C) groups is 1. The number of hydrogen-bond acceptors (Lipinski definition) is 3. The molecule has 17 heavy (non-hydrogen) atoms. The van der Waals surface area contributed by atoms with E-state index in [9.17, 15) is 0 Å². The van der Waals surface area contributed by atoms with Crippen LogP contribution in [0, 0.1) is 11.3 Å². The van der Waals surface area contributed by atoms with Gasteiger partial charge in [-0.3, -0.25) is 4.99 Å². The largest absolute Gasteiger partial charge is 0.261 e. The first-order valence-electron chi connectivity index (χ1n) is 5.44. The molecule has 0 spiro atoms. The van der Waals surface area contributed by atoms with Gasteiger partial charge in [0.1, 0.15) is 0 Å². The van der Waals surface area contributed by atoms with Crippen LogP contribution in [0.2, 0.25) is 0 Å². The Morgan fingerprint density at radius 3 is 3.12 bits per heavy atom. The van der Waals surface area contributed by atoms with Gasteiger partial charge in [-0.25, -0.2) is 0 Å². The summed E-state index contributed by atoms with van der Waals surface area (Å²) < 4.78 is 1.24. The third-order valence-corrected chi connectivity index (χ3v) is 4.10. The molecule has 2 nitrogen and oxygen atoms in total. The van der Waals surface area contributed by atoms with E-state index in [1.165, 1.54) is 15.6 Å². The zero-order valence-electron chi connectivity index (χ0n) is 9.40. The van der Waals surface area contributed by atoms with Crippen LogP contribution in [0.1, 0.15) is 22.9 Å². The van der Waals surface area contributed by atoms with E-state index in [2.05, 4.69) is 29.3 Å². The maximum Gasteiger partial charge on any atom is 0.0702 e. The molecule has 1 aliphatic heterocycles. The van der Waals surface area contributed by atoms with Gasteiger partial charge in [0, 0.05) is 32.4 Å². The van der Waals surface area contributed by atoms with Crippen molar-refractivity contribution in [3.8, 4) is 6.07 Å². The van der Waals surface area contributed by atoms with Gasteiger partial charge in [-0.2, -0.15) is 5.26 Å². The molecule has 3 rings (SSSR count). The molecule has 0 saturated carbocycles. The first-order valence-corrected chi connectivity index (χ1v) is 6.25. The Labute approximate surface area is 104 Å². The summed E-state index contributed by atoms with van der Waals surface area (Å²) in [7, 11) is 0. The van der Waals surface area contributed by atoms with Crippen molar-refractivity contribution in [2.24, 2.45) is 4.99 Å². The topological polar surface area (TPSA) is 36.1 Å². The molecule has 0 saturated heterocycles. The highest BCUT2D eigenvalue weighted by Gasteiger charge is 2.17. The fourth-order valence-electron chi connectivity index (χ4n) is 2.24. The van der Waals surface area contributed by atoms with Crippen LogP contribution in [0.15, 0.2) is 29.4 Å². The van der Waals surface area contributed by atoms with Crippen molar-refractivity contribution in [1.29, 1.82) is 5.26 Å². The maximum atomic E-state index is 8.91. The van der Waals surface area contributed by atoms with Crippen LogP contribution in [-0.2, 0) is 6.42 Å². The van der Waals surface area contributed by atoms with E-state index in [0.29, 0.717) is 6.42 Å². The molecular weight excluding hydrogens is 228 g/mol. The first kappa shape index (κ1) is 10.2. The van der Waals surface area contributed by atoms with Crippen LogP contribution in [0.4, 0.5) is 0 Å². The fourth-order valence-corrected chi connectivity index (χ4v) is 3.46. The van der Waals surface area contributed by atoms with Crippen molar-refractivity contribution in [2.45, 2.75) is 13.3 Å². The Morgan fingerprint density at radius 1 is 1.41 bits per heavy atom. The zero-order valence-corrected chi connectivity index (χ0v) is 10.2. The van der Waals surface area contributed by atoms with E-state index in [4.69, 9.17) is 5.26 Å². The highest BCUT2D eigenvalue weighted by atomic mass is 32.1. The van der Waals surface area contributed by atoms with E-state index in [-0.39, 0.29) is 0 Å². The minimum Gasteiger partial charge on any atom is -0.261 e. The van der Waals surface area contributed by atoms with Gasteiger partial charge in [0.2, 0.25) is 0 Å². The fraction of sp³-hybridized carbons (Fsp3) is 0.143. The zero-order chi connectivity index (χ0) is 11.8. The van der Waals surface area contributed by atoms with E-state index >= 15 is 0 Å². The van der Waals surface area contributed by atoms with Crippen molar-refractivity contribution >= 4 is 33.2 Å². The highest BCUT2D eigenvalue weighted by molar-refractivity contribution is 7.19. The van der Waals surface area contributed by atoms with Crippen molar-refractivity contribution in [2.75, 3.05) is 0 Å². The van der Waals surface area contributed by atoms with Crippen LogP contribution in [-0.4, -0.2) is 5.71 Å². The molecule has 2 aromatic rings. The summed E-state index contributed by atoms with van der Waals surface area (Å²) in [5.74, 6) is 0. The van der Waals surface area contributed by atoms with Crippen LogP contribution in [0.25, 0.3) is 16.2 Å². The number of benzene rings is 1. The summed E-state index contributed by atoms with van der Waals surface area (Å²) in [6, 6.07) is 8.50. The van der Waals surface area contributed by atoms with Gasteiger partial charge in [0.25, 0.3) is 0 Å². The molecule has 3 heteroatoms. The Hall–Kier alpha value is -1.92. The Morgan fingerprint density at radius 2 is 2.29 bits per heavy atom. The van der Waals surface area contributed by atoms with Gasteiger partial charge >= 0.3 is 0 Å². The summed E-state index contributed by atoms with van der Waals surface area (Å²) in [6.07, 6.45) is 4.33. The lowest BCUT2D eigenvalue weighted by molar-refractivity contribution is 1.31. The quantitative estimate of drug-likeness (QED) is 0.745. The second-order valence-corrected chi connectivity index (χ2v) is 5.12.